The first-order chi connectivity index (χ1) is 8.84. The SMILES string of the molecule is COC(=O)C(CN1CCCS(=O)(=O)CC1)NC(C)C. The van der Waals surface area contributed by atoms with E-state index in [0.29, 0.717) is 26.1 Å². The van der Waals surface area contributed by atoms with Crippen LogP contribution in [-0.2, 0) is 19.4 Å². The molecule has 0 aliphatic carbocycles. The summed E-state index contributed by atoms with van der Waals surface area (Å²) in [7, 11) is -1.55. The van der Waals surface area contributed by atoms with Crippen LogP contribution in [0.15, 0.2) is 0 Å². The summed E-state index contributed by atoms with van der Waals surface area (Å²) in [5.41, 5.74) is 0. The molecule has 0 aromatic carbocycles. The number of nitrogens with zero attached hydrogens (tertiary/aromatic N) is 1. The van der Waals surface area contributed by atoms with Crippen molar-refractivity contribution in [1.82, 2.24) is 10.2 Å². The van der Waals surface area contributed by atoms with Crippen LogP contribution in [0.2, 0.25) is 0 Å². The molecule has 0 saturated carbocycles. The molecule has 112 valence electrons. The minimum absolute atomic E-state index is 0.166. The van der Waals surface area contributed by atoms with Crippen LogP contribution in [0.4, 0.5) is 0 Å². The predicted octanol–water partition coefficient (Wildman–Crippen LogP) is -0.353. The summed E-state index contributed by atoms with van der Waals surface area (Å²) >= 11 is 0. The van der Waals surface area contributed by atoms with E-state index < -0.39 is 15.9 Å². The third-order valence-corrected chi connectivity index (χ3v) is 4.82. The van der Waals surface area contributed by atoms with Gasteiger partial charge >= 0.3 is 5.97 Å². The largest absolute Gasteiger partial charge is 0.468 e. The van der Waals surface area contributed by atoms with Gasteiger partial charge in [-0.25, -0.2) is 8.42 Å². The van der Waals surface area contributed by atoms with Crippen molar-refractivity contribution in [3.05, 3.63) is 0 Å². The van der Waals surface area contributed by atoms with Crippen molar-refractivity contribution >= 4 is 15.8 Å². The molecular weight excluding hydrogens is 268 g/mol. The molecule has 1 unspecified atom stereocenters. The minimum atomic E-state index is -2.92. The van der Waals surface area contributed by atoms with E-state index in [1.54, 1.807) is 0 Å². The van der Waals surface area contributed by atoms with Gasteiger partial charge in [0.05, 0.1) is 18.6 Å². The molecule has 1 saturated heterocycles. The lowest BCUT2D eigenvalue weighted by Crippen LogP contribution is -2.49. The quantitative estimate of drug-likeness (QED) is 0.698. The van der Waals surface area contributed by atoms with Crippen molar-refractivity contribution in [2.45, 2.75) is 32.4 Å². The second-order valence-electron chi connectivity index (χ2n) is 5.20. The Bertz CT molecular complexity index is 395. The van der Waals surface area contributed by atoms with Gasteiger partial charge in [0.2, 0.25) is 0 Å². The number of esters is 1. The molecule has 1 aliphatic rings. The van der Waals surface area contributed by atoms with E-state index in [9.17, 15) is 13.2 Å². The molecule has 1 heterocycles. The van der Waals surface area contributed by atoms with Gasteiger partial charge in [-0.15, -0.1) is 0 Å². The van der Waals surface area contributed by atoms with Gasteiger partial charge in [0, 0.05) is 19.1 Å². The Morgan fingerprint density at radius 3 is 2.58 bits per heavy atom. The molecule has 0 spiro atoms. The van der Waals surface area contributed by atoms with Gasteiger partial charge < -0.3 is 15.0 Å². The first-order valence-corrected chi connectivity index (χ1v) is 8.43. The Kier molecular flexibility index (Phi) is 6.22. The molecule has 0 aromatic heterocycles. The molecule has 1 aliphatic heterocycles. The molecule has 0 aromatic rings. The molecule has 19 heavy (non-hydrogen) atoms. The van der Waals surface area contributed by atoms with Crippen LogP contribution < -0.4 is 5.32 Å². The van der Waals surface area contributed by atoms with E-state index in [0.717, 1.165) is 0 Å². The zero-order valence-electron chi connectivity index (χ0n) is 11.9. The molecule has 1 atom stereocenters. The zero-order valence-corrected chi connectivity index (χ0v) is 12.7. The number of hydrogen-bond acceptors (Lipinski definition) is 6. The smallest absolute Gasteiger partial charge is 0.324 e. The normalized spacial score (nSPS) is 21.9. The number of carbonyl (C=O) groups excluding carboxylic acids is 1. The monoisotopic (exact) mass is 292 g/mol. The zero-order chi connectivity index (χ0) is 14.5. The van der Waals surface area contributed by atoms with Gasteiger partial charge in [-0.3, -0.25) is 4.79 Å². The Morgan fingerprint density at radius 1 is 1.32 bits per heavy atom. The summed E-state index contributed by atoms with van der Waals surface area (Å²) in [5.74, 6) is 0.104. The Labute approximate surface area is 115 Å². The van der Waals surface area contributed by atoms with Gasteiger partial charge in [0.15, 0.2) is 9.84 Å². The molecule has 6 nitrogen and oxygen atoms in total. The molecule has 1 N–H and O–H groups in total. The van der Waals surface area contributed by atoms with E-state index in [1.165, 1.54) is 7.11 Å². The summed E-state index contributed by atoms with van der Waals surface area (Å²) in [6, 6.07) is -0.245. The van der Waals surface area contributed by atoms with Gasteiger partial charge in [0.25, 0.3) is 0 Å². The maximum Gasteiger partial charge on any atom is 0.324 e. The lowest BCUT2D eigenvalue weighted by atomic mass is 10.2. The second-order valence-corrected chi connectivity index (χ2v) is 7.51. The van der Waals surface area contributed by atoms with Crippen molar-refractivity contribution in [1.29, 1.82) is 0 Å². The standard InChI is InChI=1S/C12H24N2O4S/c1-10(2)13-11(12(15)18-3)9-14-5-4-7-19(16,17)8-6-14/h10-11,13H,4-9H2,1-3H3. The maximum absolute atomic E-state index is 11.7. The van der Waals surface area contributed by atoms with Gasteiger partial charge in [-0.05, 0) is 13.0 Å². The summed E-state index contributed by atoms with van der Waals surface area (Å²) < 4.78 is 27.9. The highest BCUT2D eigenvalue weighted by Gasteiger charge is 2.25. The van der Waals surface area contributed by atoms with Crippen molar-refractivity contribution in [2.24, 2.45) is 0 Å². The molecule has 7 heteroatoms. The van der Waals surface area contributed by atoms with E-state index in [2.05, 4.69) is 5.32 Å². The number of carbonyl (C=O) groups is 1. The van der Waals surface area contributed by atoms with Crippen LogP contribution in [-0.4, -0.2) is 69.6 Å². The Morgan fingerprint density at radius 2 is 2.00 bits per heavy atom. The summed E-state index contributed by atoms with van der Waals surface area (Å²) in [4.78, 5) is 13.7. The molecule has 0 amide bonds. The van der Waals surface area contributed by atoms with Gasteiger partial charge in [-0.2, -0.15) is 0 Å². The number of rotatable bonds is 5. The van der Waals surface area contributed by atoms with Crippen molar-refractivity contribution in [3.8, 4) is 0 Å². The summed E-state index contributed by atoms with van der Waals surface area (Å²) in [6.45, 7) is 5.59. The van der Waals surface area contributed by atoms with E-state index in [4.69, 9.17) is 4.74 Å². The van der Waals surface area contributed by atoms with Crippen LogP contribution in [0.1, 0.15) is 20.3 Å². The summed E-state index contributed by atoms with van der Waals surface area (Å²) in [6.07, 6.45) is 0.623. The fourth-order valence-corrected chi connectivity index (χ4v) is 3.48. The topological polar surface area (TPSA) is 75.7 Å². The average molecular weight is 292 g/mol. The fourth-order valence-electron chi connectivity index (χ4n) is 2.17. The summed E-state index contributed by atoms with van der Waals surface area (Å²) in [5, 5.41) is 3.15. The highest BCUT2D eigenvalue weighted by molar-refractivity contribution is 7.91. The van der Waals surface area contributed by atoms with Crippen LogP contribution >= 0.6 is 0 Å². The third kappa shape index (κ3) is 5.88. The lowest BCUT2D eigenvalue weighted by Gasteiger charge is -2.26. The van der Waals surface area contributed by atoms with Crippen LogP contribution in [0.25, 0.3) is 0 Å². The number of methoxy groups -OCH3 is 1. The molecule has 1 rings (SSSR count). The molecular formula is C12H24N2O4S. The van der Waals surface area contributed by atoms with E-state index in [-0.39, 0.29) is 23.5 Å². The van der Waals surface area contributed by atoms with Crippen LogP contribution in [0, 0.1) is 0 Å². The number of sulfone groups is 1. The second kappa shape index (κ2) is 7.21. The first kappa shape index (κ1) is 16.4. The van der Waals surface area contributed by atoms with Gasteiger partial charge in [-0.1, -0.05) is 13.8 Å². The average Bonchev–Trinajstić information content (AvgIpc) is 2.48. The highest BCUT2D eigenvalue weighted by atomic mass is 32.2. The number of ether oxygens (including phenoxy) is 1. The first-order valence-electron chi connectivity index (χ1n) is 6.60. The maximum atomic E-state index is 11.7. The highest BCUT2D eigenvalue weighted by Crippen LogP contribution is 2.06. The predicted molar refractivity (Wildman–Crippen MR) is 73.8 cm³/mol. The Balaban J connectivity index is 2.60. The van der Waals surface area contributed by atoms with Crippen molar-refractivity contribution in [2.75, 3.05) is 38.2 Å². The van der Waals surface area contributed by atoms with Crippen molar-refractivity contribution < 1.29 is 17.9 Å². The Hall–Kier alpha value is -0.660. The minimum Gasteiger partial charge on any atom is -0.468 e. The van der Waals surface area contributed by atoms with Gasteiger partial charge in [0.1, 0.15) is 6.04 Å². The van der Waals surface area contributed by atoms with E-state index >= 15 is 0 Å². The van der Waals surface area contributed by atoms with E-state index in [1.807, 2.05) is 18.7 Å². The lowest BCUT2D eigenvalue weighted by molar-refractivity contribution is -0.143. The molecule has 0 radical (unpaired) electrons. The number of nitrogens with one attached hydrogen (secondary N) is 1. The van der Waals surface area contributed by atoms with Crippen molar-refractivity contribution in [3.63, 3.8) is 0 Å². The number of hydrogen-bond donors (Lipinski definition) is 1. The fraction of sp³-hybridized carbons (Fsp3) is 0.917. The van der Waals surface area contributed by atoms with Crippen LogP contribution in [0.3, 0.4) is 0 Å². The molecule has 1 fully saturated rings. The third-order valence-electron chi connectivity index (χ3n) is 3.11. The van der Waals surface area contributed by atoms with Crippen LogP contribution in [0.5, 0.6) is 0 Å². The molecule has 0 bridgehead atoms.